The van der Waals surface area contributed by atoms with Gasteiger partial charge in [-0.25, -0.2) is 4.68 Å². The smallest absolute Gasteiger partial charge is 0.231 e. The molecule has 122 valence electrons. The van der Waals surface area contributed by atoms with Crippen LogP contribution in [0.3, 0.4) is 0 Å². The second kappa shape index (κ2) is 6.91. The standard InChI is InChI=1S/C17H23N5O/c1-12-5-3-4-6-14(12)11-15(23)19-17-20-16(21-22(17)2)13-7-9-18-10-8-13/h3-6,13,18H,7-11H2,1-2H3,(H,19,20,21,23). The second-order valence-electron chi connectivity index (χ2n) is 6.09. The van der Waals surface area contributed by atoms with Crippen LogP contribution in [0, 0.1) is 6.92 Å². The summed E-state index contributed by atoms with van der Waals surface area (Å²) in [5, 5.41) is 10.7. The van der Waals surface area contributed by atoms with Crippen LogP contribution in [-0.2, 0) is 18.3 Å². The first-order chi connectivity index (χ1) is 11.1. The molecule has 0 unspecified atom stereocenters. The summed E-state index contributed by atoms with van der Waals surface area (Å²) in [5.41, 5.74) is 2.15. The topological polar surface area (TPSA) is 71.8 Å². The summed E-state index contributed by atoms with van der Waals surface area (Å²) in [7, 11) is 1.82. The van der Waals surface area contributed by atoms with Gasteiger partial charge in [0.05, 0.1) is 6.42 Å². The van der Waals surface area contributed by atoms with Gasteiger partial charge in [0.25, 0.3) is 0 Å². The van der Waals surface area contributed by atoms with Crippen molar-refractivity contribution in [3.05, 3.63) is 41.2 Å². The Morgan fingerprint density at radius 1 is 1.35 bits per heavy atom. The maximum atomic E-state index is 12.3. The average Bonchev–Trinajstić information content (AvgIpc) is 2.91. The molecule has 1 aliphatic rings. The van der Waals surface area contributed by atoms with Gasteiger partial charge in [0.2, 0.25) is 11.9 Å². The molecule has 3 rings (SSSR count). The molecule has 1 amide bonds. The summed E-state index contributed by atoms with van der Waals surface area (Å²) >= 11 is 0. The molecule has 2 aromatic rings. The van der Waals surface area contributed by atoms with Crippen molar-refractivity contribution in [1.29, 1.82) is 0 Å². The van der Waals surface area contributed by atoms with Gasteiger partial charge in [-0.3, -0.25) is 10.1 Å². The quantitative estimate of drug-likeness (QED) is 0.902. The van der Waals surface area contributed by atoms with E-state index in [4.69, 9.17) is 0 Å². The molecule has 2 N–H and O–H groups in total. The minimum absolute atomic E-state index is 0.0633. The van der Waals surface area contributed by atoms with E-state index in [0.29, 0.717) is 18.3 Å². The predicted octanol–water partition coefficient (Wildman–Crippen LogP) is 1.77. The summed E-state index contributed by atoms with van der Waals surface area (Å²) < 4.78 is 1.66. The number of hydrogen-bond donors (Lipinski definition) is 2. The molecule has 0 atom stereocenters. The van der Waals surface area contributed by atoms with Gasteiger partial charge in [0.1, 0.15) is 0 Å². The van der Waals surface area contributed by atoms with Gasteiger partial charge < -0.3 is 5.32 Å². The number of carbonyl (C=O) groups excluding carboxylic acids is 1. The van der Waals surface area contributed by atoms with Crippen LogP contribution in [-0.4, -0.2) is 33.8 Å². The van der Waals surface area contributed by atoms with Gasteiger partial charge in [-0.2, -0.15) is 10.1 Å². The summed E-state index contributed by atoms with van der Waals surface area (Å²) in [4.78, 5) is 16.8. The lowest BCUT2D eigenvalue weighted by atomic mass is 9.98. The highest BCUT2D eigenvalue weighted by Crippen LogP contribution is 2.23. The number of nitrogens with one attached hydrogen (secondary N) is 2. The molecule has 0 aliphatic carbocycles. The predicted molar refractivity (Wildman–Crippen MR) is 89.4 cm³/mol. The molecule has 23 heavy (non-hydrogen) atoms. The number of rotatable bonds is 4. The first-order valence-corrected chi connectivity index (χ1v) is 8.09. The molecular formula is C17H23N5O. The summed E-state index contributed by atoms with van der Waals surface area (Å²) in [5.74, 6) is 1.67. The monoisotopic (exact) mass is 313 g/mol. The Morgan fingerprint density at radius 3 is 2.83 bits per heavy atom. The van der Waals surface area contributed by atoms with E-state index in [1.165, 1.54) is 0 Å². The van der Waals surface area contributed by atoms with Crippen molar-refractivity contribution in [3.8, 4) is 0 Å². The molecule has 1 aliphatic heterocycles. The normalized spacial score (nSPS) is 15.6. The minimum Gasteiger partial charge on any atom is -0.317 e. The highest BCUT2D eigenvalue weighted by atomic mass is 16.1. The number of piperidine rings is 1. The number of hydrogen-bond acceptors (Lipinski definition) is 4. The molecule has 1 saturated heterocycles. The van der Waals surface area contributed by atoms with Crippen LogP contribution >= 0.6 is 0 Å². The number of aryl methyl sites for hydroxylation is 2. The van der Waals surface area contributed by atoms with Gasteiger partial charge in [0, 0.05) is 13.0 Å². The molecule has 1 aromatic heterocycles. The van der Waals surface area contributed by atoms with Crippen LogP contribution in [0.5, 0.6) is 0 Å². The summed E-state index contributed by atoms with van der Waals surface area (Å²) in [6.07, 6.45) is 2.43. The first kappa shape index (κ1) is 15.7. The van der Waals surface area contributed by atoms with Crippen molar-refractivity contribution >= 4 is 11.9 Å². The average molecular weight is 313 g/mol. The lowest BCUT2D eigenvalue weighted by Crippen LogP contribution is -2.27. The fraction of sp³-hybridized carbons (Fsp3) is 0.471. The molecular weight excluding hydrogens is 290 g/mol. The SMILES string of the molecule is Cc1ccccc1CC(=O)Nc1nc(C2CCNCC2)nn1C. The van der Waals surface area contributed by atoms with E-state index in [2.05, 4.69) is 20.7 Å². The Balaban J connectivity index is 1.66. The van der Waals surface area contributed by atoms with E-state index < -0.39 is 0 Å². The zero-order valence-electron chi connectivity index (χ0n) is 13.7. The van der Waals surface area contributed by atoms with E-state index in [0.717, 1.165) is 42.9 Å². The van der Waals surface area contributed by atoms with Crippen molar-refractivity contribution in [1.82, 2.24) is 20.1 Å². The molecule has 6 heteroatoms. The van der Waals surface area contributed by atoms with Gasteiger partial charge in [-0.05, 0) is 44.0 Å². The van der Waals surface area contributed by atoms with Crippen LogP contribution < -0.4 is 10.6 Å². The van der Waals surface area contributed by atoms with Crippen molar-refractivity contribution in [2.75, 3.05) is 18.4 Å². The van der Waals surface area contributed by atoms with Gasteiger partial charge in [-0.15, -0.1) is 0 Å². The van der Waals surface area contributed by atoms with E-state index in [-0.39, 0.29) is 5.91 Å². The molecule has 0 radical (unpaired) electrons. The molecule has 2 heterocycles. The Morgan fingerprint density at radius 2 is 2.09 bits per heavy atom. The highest BCUT2D eigenvalue weighted by molar-refractivity contribution is 5.90. The maximum Gasteiger partial charge on any atom is 0.231 e. The van der Waals surface area contributed by atoms with E-state index in [1.54, 1.807) is 4.68 Å². The Bertz CT molecular complexity index is 688. The van der Waals surface area contributed by atoms with Gasteiger partial charge in [-0.1, -0.05) is 24.3 Å². The van der Waals surface area contributed by atoms with Crippen LogP contribution in [0.4, 0.5) is 5.95 Å². The zero-order chi connectivity index (χ0) is 16.2. The van der Waals surface area contributed by atoms with E-state index >= 15 is 0 Å². The number of carbonyl (C=O) groups is 1. The fourth-order valence-electron chi connectivity index (χ4n) is 2.92. The van der Waals surface area contributed by atoms with Crippen molar-refractivity contribution in [3.63, 3.8) is 0 Å². The van der Waals surface area contributed by atoms with Crippen molar-refractivity contribution in [2.24, 2.45) is 7.05 Å². The van der Waals surface area contributed by atoms with Crippen LogP contribution in [0.2, 0.25) is 0 Å². The third kappa shape index (κ3) is 3.76. The van der Waals surface area contributed by atoms with Crippen LogP contribution in [0.25, 0.3) is 0 Å². The lowest BCUT2D eigenvalue weighted by molar-refractivity contribution is -0.115. The van der Waals surface area contributed by atoms with Crippen LogP contribution in [0.15, 0.2) is 24.3 Å². The second-order valence-corrected chi connectivity index (χ2v) is 6.09. The largest absolute Gasteiger partial charge is 0.317 e. The van der Waals surface area contributed by atoms with Crippen molar-refractivity contribution < 1.29 is 4.79 Å². The Hall–Kier alpha value is -2.21. The number of benzene rings is 1. The molecule has 0 saturated carbocycles. The summed E-state index contributed by atoms with van der Waals surface area (Å²) in [6, 6.07) is 7.92. The third-order valence-corrected chi connectivity index (χ3v) is 4.35. The Labute approximate surface area is 136 Å². The molecule has 6 nitrogen and oxygen atoms in total. The van der Waals surface area contributed by atoms with Gasteiger partial charge >= 0.3 is 0 Å². The summed E-state index contributed by atoms with van der Waals surface area (Å²) in [6.45, 7) is 4.01. The molecule has 0 bridgehead atoms. The maximum absolute atomic E-state index is 12.3. The fourth-order valence-corrected chi connectivity index (χ4v) is 2.92. The highest BCUT2D eigenvalue weighted by Gasteiger charge is 2.21. The number of amides is 1. The lowest BCUT2D eigenvalue weighted by Gasteiger charge is -2.19. The zero-order valence-corrected chi connectivity index (χ0v) is 13.7. The van der Waals surface area contributed by atoms with E-state index in [1.807, 2.05) is 38.2 Å². The Kier molecular flexibility index (Phi) is 4.71. The molecule has 1 fully saturated rings. The number of aromatic nitrogens is 3. The van der Waals surface area contributed by atoms with Crippen LogP contribution in [0.1, 0.15) is 35.7 Å². The first-order valence-electron chi connectivity index (χ1n) is 8.09. The number of nitrogens with zero attached hydrogens (tertiary/aromatic N) is 3. The van der Waals surface area contributed by atoms with E-state index in [9.17, 15) is 4.79 Å². The third-order valence-electron chi connectivity index (χ3n) is 4.35. The van der Waals surface area contributed by atoms with Gasteiger partial charge in [0.15, 0.2) is 5.82 Å². The van der Waals surface area contributed by atoms with Crippen molar-refractivity contribution in [2.45, 2.75) is 32.1 Å². The molecule has 1 aromatic carbocycles. The number of anilines is 1. The molecule has 0 spiro atoms. The minimum atomic E-state index is -0.0633.